The summed E-state index contributed by atoms with van der Waals surface area (Å²) in [7, 11) is 0. The minimum absolute atomic E-state index is 1.01. The fourth-order valence-corrected chi connectivity index (χ4v) is 3.22. The van der Waals surface area contributed by atoms with Gasteiger partial charge < -0.3 is 0 Å². The van der Waals surface area contributed by atoms with Gasteiger partial charge in [-0.05, 0) is 43.2 Å². The van der Waals surface area contributed by atoms with Gasteiger partial charge in [0.1, 0.15) is 5.82 Å². The largest absolute Gasteiger partial charge is 0.296 e. The van der Waals surface area contributed by atoms with E-state index in [-0.39, 0.29) is 0 Å². The summed E-state index contributed by atoms with van der Waals surface area (Å²) in [5.41, 5.74) is 7.13. The fraction of sp³-hybridized carbons (Fsp3) is 0.0952. The van der Waals surface area contributed by atoms with Crippen LogP contribution in [0.3, 0.4) is 0 Å². The number of fused-ring (bicyclic) bond motifs is 1. The van der Waals surface area contributed by atoms with E-state index in [1.54, 1.807) is 0 Å². The maximum atomic E-state index is 4.71. The van der Waals surface area contributed by atoms with Crippen LogP contribution in [0.2, 0.25) is 0 Å². The van der Waals surface area contributed by atoms with Crippen molar-refractivity contribution in [3.05, 3.63) is 84.2 Å². The lowest BCUT2D eigenvalue weighted by Gasteiger charge is -2.15. The molecule has 0 N–H and O–H groups in total. The molecule has 2 nitrogen and oxygen atoms in total. The summed E-state index contributed by atoms with van der Waals surface area (Å²) in [5.74, 6) is 1.01. The van der Waals surface area contributed by atoms with Gasteiger partial charge in [-0.1, -0.05) is 54.6 Å². The van der Waals surface area contributed by atoms with Crippen molar-refractivity contribution in [1.29, 1.82) is 0 Å². The number of imidazole rings is 1. The number of para-hydroxylation sites is 3. The Morgan fingerprint density at radius 1 is 0.696 bits per heavy atom. The Kier molecular flexibility index (Phi) is 3.23. The SMILES string of the molecule is Cc1ccccc1-c1ccccc1-n1c(C)nc2ccccc21. The zero-order chi connectivity index (χ0) is 15.8. The molecule has 0 spiro atoms. The first-order chi connectivity index (χ1) is 11.3. The topological polar surface area (TPSA) is 17.8 Å². The third-order valence-electron chi connectivity index (χ3n) is 4.31. The van der Waals surface area contributed by atoms with Gasteiger partial charge in [0.25, 0.3) is 0 Å². The molecule has 0 radical (unpaired) electrons. The molecule has 0 saturated carbocycles. The molecule has 0 unspecified atom stereocenters. The summed E-state index contributed by atoms with van der Waals surface area (Å²) in [5, 5.41) is 0. The summed E-state index contributed by atoms with van der Waals surface area (Å²) in [6, 6.07) is 25.4. The Morgan fingerprint density at radius 2 is 1.35 bits per heavy atom. The van der Waals surface area contributed by atoms with Crippen molar-refractivity contribution < 1.29 is 0 Å². The molecule has 1 aromatic heterocycles. The molecule has 0 bridgehead atoms. The highest BCUT2D eigenvalue weighted by Gasteiger charge is 2.13. The van der Waals surface area contributed by atoms with E-state index in [2.05, 4.69) is 85.1 Å². The molecule has 0 amide bonds. The number of nitrogens with zero attached hydrogens (tertiary/aromatic N) is 2. The van der Waals surface area contributed by atoms with Crippen molar-refractivity contribution in [3.63, 3.8) is 0 Å². The van der Waals surface area contributed by atoms with E-state index in [0.29, 0.717) is 0 Å². The number of aryl methyl sites for hydroxylation is 2. The van der Waals surface area contributed by atoms with E-state index in [0.717, 1.165) is 16.9 Å². The lowest BCUT2D eigenvalue weighted by Crippen LogP contribution is -2.00. The highest BCUT2D eigenvalue weighted by atomic mass is 15.1. The van der Waals surface area contributed by atoms with Crippen LogP contribution >= 0.6 is 0 Å². The van der Waals surface area contributed by atoms with Gasteiger partial charge in [0.15, 0.2) is 0 Å². The Bertz CT molecular complexity index is 996. The van der Waals surface area contributed by atoms with Gasteiger partial charge in [-0.3, -0.25) is 4.57 Å². The van der Waals surface area contributed by atoms with Crippen LogP contribution in [0.1, 0.15) is 11.4 Å². The van der Waals surface area contributed by atoms with E-state index in [9.17, 15) is 0 Å². The smallest absolute Gasteiger partial charge is 0.111 e. The summed E-state index contributed by atoms with van der Waals surface area (Å²) in [4.78, 5) is 4.71. The molecule has 0 aliphatic carbocycles. The minimum Gasteiger partial charge on any atom is -0.296 e. The first-order valence-corrected chi connectivity index (χ1v) is 7.85. The molecule has 3 aromatic carbocycles. The van der Waals surface area contributed by atoms with Gasteiger partial charge in [-0.2, -0.15) is 0 Å². The summed E-state index contributed by atoms with van der Waals surface area (Å²) < 4.78 is 2.25. The maximum Gasteiger partial charge on any atom is 0.111 e. The number of rotatable bonds is 2. The van der Waals surface area contributed by atoms with E-state index < -0.39 is 0 Å². The van der Waals surface area contributed by atoms with Gasteiger partial charge in [-0.25, -0.2) is 4.98 Å². The average Bonchev–Trinajstić information content (AvgIpc) is 2.91. The van der Waals surface area contributed by atoms with Crippen LogP contribution in [0.25, 0.3) is 27.8 Å². The molecule has 2 heteroatoms. The molecule has 4 aromatic rings. The Hall–Kier alpha value is -2.87. The van der Waals surface area contributed by atoms with E-state index in [1.807, 2.05) is 6.07 Å². The van der Waals surface area contributed by atoms with E-state index >= 15 is 0 Å². The zero-order valence-electron chi connectivity index (χ0n) is 13.3. The molecule has 0 atom stereocenters. The van der Waals surface area contributed by atoms with E-state index in [4.69, 9.17) is 4.98 Å². The predicted molar refractivity (Wildman–Crippen MR) is 96.0 cm³/mol. The van der Waals surface area contributed by atoms with Crippen LogP contribution in [-0.4, -0.2) is 9.55 Å². The Balaban J connectivity index is 2.04. The summed E-state index contributed by atoms with van der Waals surface area (Å²) in [6.07, 6.45) is 0. The third-order valence-corrected chi connectivity index (χ3v) is 4.31. The predicted octanol–water partition coefficient (Wildman–Crippen LogP) is 5.31. The van der Waals surface area contributed by atoms with Crippen molar-refractivity contribution in [2.24, 2.45) is 0 Å². The van der Waals surface area contributed by atoms with Gasteiger partial charge in [0.05, 0.1) is 16.7 Å². The first-order valence-electron chi connectivity index (χ1n) is 7.85. The molecule has 0 saturated heterocycles. The van der Waals surface area contributed by atoms with Crippen molar-refractivity contribution in [2.75, 3.05) is 0 Å². The van der Waals surface area contributed by atoms with Crippen molar-refractivity contribution in [1.82, 2.24) is 9.55 Å². The third kappa shape index (κ3) is 2.23. The zero-order valence-corrected chi connectivity index (χ0v) is 13.3. The van der Waals surface area contributed by atoms with Crippen LogP contribution < -0.4 is 0 Å². The Labute approximate surface area is 136 Å². The highest BCUT2D eigenvalue weighted by Crippen LogP contribution is 2.32. The molecule has 4 rings (SSSR count). The van der Waals surface area contributed by atoms with Crippen molar-refractivity contribution >= 4 is 11.0 Å². The lowest BCUT2D eigenvalue weighted by atomic mass is 9.99. The van der Waals surface area contributed by atoms with Crippen molar-refractivity contribution in [3.8, 4) is 16.8 Å². The highest BCUT2D eigenvalue weighted by molar-refractivity contribution is 5.83. The monoisotopic (exact) mass is 298 g/mol. The molecule has 0 aliphatic rings. The second-order valence-corrected chi connectivity index (χ2v) is 5.82. The number of aromatic nitrogens is 2. The number of benzene rings is 3. The Morgan fingerprint density at radius 3 is 2.17 bits per heavy atom. The maximum absolute atomic E-state index is 4.71. The first kappa shape index (κ1) is 13.8. The van der Waals surface area contributed by atoms with Crippen LogP contribution in [0.4, 0.5) is 0 Å². The number of hydrogen-bond donors (Lipinski definition) is 0. The summed E-state index contributed by atoms with van der Waals surface area (Å²) in [6.45, 7) is 4.22. The van der Waals surface area contributed by atoms with Crippen molar-refractivity contribution in [2.45, 2.75) is 13.8 Å². The molecular weight excluding hydrogens is 280 g/mol. The standard InChI is InChI=1S/C21H18N2/c1-15-9-3-4-10-17(15)18-11-5-7-13-20(18)23-16(2)22-19-12-6-8-14-21(19)23/h3-14H,1-2H3. The van der Waals surface area contributed by atoms with Crippen LogP contribution in [0.15, 0.2) is 72.8 Å². The lowest BCUT2D eigenvalue weighted by molar-refractivity contribution is 1.00. The normalized spacial score (nSPS) is 11.0. The second kappa shape index (κ2) is 5.40. The van der Waals surface area contributed by atoms with Gasteiger partial charge in [0, 0.05) is 5.56 Å². The van der Waals surface area contributed by atoms with Crippen LogP contribution in [0, 0.1) is 13.8 Å². The molecule has 0 aliphatic heterocycles. The minimum atomic E-state index is 1.01. The molecule has 23 heavy (non-hydrogen) atoms. The average molecular weight is 298 g/mol. The van der Waals surface area contributed by atoms with Crippen LogP contribution in [-0.2, 0) is 0 Å². The van der Waals surface area contributed by atoms with Gasteiger partial charge in [-0.15, -0.1) is 0 Å². The molecular formula is C21H18N2. The fourth-order valence-electron chi connectivity index (χ4n) is 3.22. The number of hydrogen-bond acceptors (Lipinski definition) is 1. The quantitative estimate of drug-likeness (QED) is 0.490. The van der Waals surface area contributed by atoms with Gasteiger partial charge >= 0.3 is 0 Å². The van der Waals surface area contributed by atoms with Gasteiger partial charge in [0.2, 0.25) is 0 Å². The van der Waals surface area contributed by atoms with E-state index in [1.165, 1.54) is 22.4 Å². The molecule has 112 valence electrons. The van der Waals surface area contributed by atoms with Crippen LogP contribution in [0.5, 0.6) is 0 Å². The second-order valence-electron chi connectivity index (χ2n) is 5.82. The molecule has 0 fully saturated rings. The summed E-state index contributed by atoms with van der Waals surface area (Å²) >= 11 is 0. The molecule has 1 heterocycles.